The Balaban J connectivity index is 1.59. The van der Waals surface area contributed by atoms with Gasteiger partial charge in [-0.1, -0.05) is 13.3 Å². The number of rotatable bonds is 6. The van der Waals surface area contributed by atoms with Crippen LogP contribution in [0, 0.1) is 5.82 Å². The van der Waals surface area contributed by atoms with E-state index in [9.17, 15) is 14.0 Å². The minimum absolute atomic E-state index is 0.0148. The molecule has 0 aliphatic carbocycles. The Morgan fingerprint density at radius 2 is 1.94 bits per heavy atom. The summed E-state index contributed by atoms with van der Waals surface area (Å²) in [7, 11) is 0. The van der Waals surface area contributed by atoms with E-state index in [2.05, 4.69) is 22.9 Å². The minimum atomic E-state index is -0.444. The fourth-order valence-corrected chi connectivity index (χ4v) is 3.51. The van der Waals surface area contributed by atoms with Crippen LogP contribution in [0.1, 0.15) is 37.4 Å². The number of halogens is 1. The van der Waals surface area contributed by atoms with Crippen LogP contribution in [-0.2, 0) is 17.6 Å². The fourth-order valence-electron chi connectivity index (χ4n) is 3.51. The topological polar surface area (TPSA) is 88.0 Å². The molecule has 4 rings (SSSR count). The Labute approximate surface area is 179 Å². The molecule has 1 aromatic heterocycles. The second-order valence-corrected chi connectivity index (χ2v) is 7.51. The Morgan fingerprint density at radius 1 is 1.13 bits per heavy atom. The Kier molecular flexibility index (Phi) is 5.97. The van der Waals surface area contributed by atoms with E-state index in [1.165, 1.54) is 24.3 Å². The number of hydrogen-bond donors (Lipinski definition) is 3. The molecule has 3 N–H and O–H groups in total. The van der Waals surface area contributed by atoms with E-state index in [-0.39, 0.29) is 11.7 Å². The number of anilines is 3. The van der Waals surface area contributed by atoms with Gasteiger partial charge in [-0.25, -0.2) is 13.9 Å². The lowest BCUT2D eigenvalue weighted by Gasteiger charge is -2.18. The van der Waals surface area contributed by atoms with Gasteiger partial charge in [0.15, 0.2) is 0 Å². The van der Waals surface area contributed by atoms with Crippen molar-refractivity contribution < 1.29 is 14.0 Å². The quantitative estimate of drug-likeness (QED) is 0.530. The van der Waals surface area contributed by atoms with Gasteiger partial charge < -0.3 is 10.6 Å². The Hall–Kier alpha value is -3.68. The lowest BCUT2D eigenvalue weighted by molar-refractivity contribution is -0.116. The zero-order valence-electron chi connectivity index (χ0n) is 17.2. The summed E-state index contributed by atoms with van der Waals surface area (Å²) in [6.45, 7) is 2.12. The van der Waals surface area contributed by atoms with Crippen molar-refractivity contribution in [1.82, 2.24) is 9.78 Å². The van der Waals surface area contributed by atoms with Gasteiger partial charge >= 0.3 is 6.03 Å². The van der Waals surface area contributed by atoms with Crippen molar-refractivity contribution in [3.63, 3.8) is 0 Å². The van der Waals surface area contributed by atoms with Crippen LogP contribution in [0.3, 0.4) is 0 Å². The Bertz CT molecular complexity index is 1110. The van der Waals surface area contributed by atoms with Crippen molar-refractivity contribution in [3.05, 3.63) is 65.6 Å². The third-order valence-electron chi connectivity index (χ3n) is 5.12. The molecule has 160 valence electrons. The van der Waals surface area contributed by atoms with Crippen LogP contribution < -0.4 is 16.0 Å². The molecule has 1 aliphatic rings. The summed E-state index contributed by atoms with van der Waals surface area (Å²) in [6.07, 6.45) is 3.95. The minimum Gasteiger partial charge on any atom is -0.326 e. The lowest BCUT2D eigenvalue weighted by Crippen LogP contribution is -2.21. The van der Waals surface area contributed by atoms with Crippen LogP contribution in [0.4, 0.5) is 26.4 Å². The molecule has 0 saturated carbocycles. The van der Waals surface area contributed by atoms with Crippen molar-refractivity contribution >= 4 is 29.1 Å². The van der Waals surface area contributed by atoms with Crippen LogP contribution in [-0.4, -0.2) is 21.7 Å². The lowest BCUT2D eigenvalue weighted by atomic mass is 10.0. The van der Waals surface area contributed by atoms with Crippen LogP contribution in [0.5, 0.6) is 0 Å². The molecular formula is C23H24FN5O2. The van der Waals surface area contributed by atoms with Crippen molar-refractivity contribution in [2.24, 2.45) is 0 Å². The molecule has 1 aliphatic heterocycles. The van der Waals surface area contributed by atoms with Gasteiger partial charge in [-0.15, -0.1) is 0 Å². The molecule has 0 atom stereocenters. The van der Waals surface area contributed by atoms with Gasteiger partial charge in [0.2, 0.25) is 5.91 Å². The molecule has 0 spiro atoms. The number of hydrogen-bond acceptors (Lipinski definition) is 3. The number of urea groups is 1. The monoisotopic (exact) mass is 421 g/mol. The van der Waals surface area contributed by atoms with Crippen molar-refractivity contribution in [2.45, 2.75) is 39.0 Å². The molecule has 0 unspecified atom stereocenters. The van der Waals surface area contributed by atoms with Crippen LogP contribution >= 0.6 is 0 Å². The van der Waals surface area contributed by atoms with Crippen LogP contribution in [0.15, 0.2) is 48.5 Å². The molecular weight excluding hydrogens is 397 g/mol. The van der Waals surface area contributed by atoms with E-state index in [4.69, 9.17) is 5.10 Å². The van der Waals surface area contributed by atoms with E-state index < -0.39 is 6.03 Å². The zero-order chi connectivity index (χ0) is 21.8. The second-order valence-electron chi connectivity index (χ2n) is 7.51. The first-order chi connectivity index (χ1) is 15.0. The highest BCUT2D eigenvalue weighted by molar-refractivity contribution is 5.99. The number of benzene rings is 2. The first kappa shape index (κ1) is 20.6. The van der Waals surface area contributed by atoms with E-state index in [0.717, 1.165) is 41.9 Å². The standard InChI is InChI=1S/C23H24FN5O2/c1-2-3-4-18-14-21(27-23(31)25-17-8-6-16(24)7-9-17)29(28-18)19-10-11-20-15(13-19)5-12-22(30)26-20/h6-11,13-14H,2-5,12H2,1H3,(H,26,30)(H2,25,27,31). The third-order valence-corrected chi connectivity index (χ3v) is 5.12. The van der Waals surface area contributed by atoms with E-state index >= 15 is 0 Å². The number of nitrogens with zero attached hydrogens (tertiary/aromatic N) is 2. The van der Waals surface area contributed by atoms with E-state index in [1.54, 1.807) is 4.68 Å². The van der Waals surface area contributed by atoms with Gasteiger partial charge in [-0.3, -0.25) is 10.1 Å². The summed E-state index contributed by atoms with van der Waals surface area (Å²) >= 11 is 0. The third kappa shape index (κ3) is 4.91. The summed E-state index contributed by atoms with van der Waals surface area (Å²) < 4.78 is 14.8. The molecule has 31 heavy (non-hydrogen) atoms. The summed E-state index contributed by atoms with van der Waals surface area (Å²) in [5.41, 5.74) is 4.01. The summed E-state index contributed by atoms with van der Waals surface area (Å²) in [5.74, 6) is 0.180. The number of carbonyl (C=O) groups excluding carboxylic acids is 2. The number of aromatic nitrogens is 2. The predicted octanol–water partition coefficient (Wildman–Crippen LogP) is 4.88. The maximum absolute atomic E-state index is 13.1. The SMILES string of the molecule is CCCCc1cc(NC(=O)Nc2ccc(F)cc2)n(-c2ccc3c(c2)CCC(=O)N3)n1. The van der Waals surface area contributed by atoms with Gasteiger partial charge in [0, 0.05) is 23.9 Å². The van der Waals surface area contributed by atoms with Crippen molar-refractivity contribution in [2.75, 3.05) is 16.0 Å². The molecule has 0 bridgehead atoms. The molecule has 0 fully saturated rings. The fraction of sp³-hybridized carbons (Fsp3) is 0.261. The smallest absolute Gasteiger partial charge is 0.324 e. The normalized spacial score (nSPS) is 12.8. The largest absolute Gasteiger partial charge is 0.326 e. The molecule has 3 amide bonds. The Morgan fingerprint density at radius 3 is 2.71 bits per heavy atom. The number of unbranched alkanes of at least 4 members (excludes halogenated alkanes) is 1. The molecule has 2 aromatic carbocycles. The van der Waals surface area contributed by atoms with Gasteiger partial charge in [-0.2, -0.15) is 5.10 Å². The molecule has 0 saturated heterocycles. The number of aryl methyl sites for hydroxylation is 2. The summed E-state index contributed by atoms with van der Waals surface area (Å²) in [4.78, 5) is 24.2. The zero-order valence-corrected chi connectivity index (χ0v) is 17.2. The molecule has 2 heterocycles. The first-order valence-electron chi connectivity index (χ1n) is 10.4. The first-order valence-corrected chi connectivity index (χ1v) is 10.4. The maximum Gasteiger partial charge on any atom is 0.324 e. The second kappa shape index (κ2) is 8.99. The average Bonchev–Trinajstić information content (AvgIpc) is 3.16. The van der Waals surface area contributed by atoms with Gasteiger partial charge in [0.1, 0.15) is 11.6 Å². The highest BCUT2D eigenvalue weighted by Crippen LogP contribution is 2.27. The van der Waals surface area contributed by atoms with Crippen molar-refractivity contribution in [1.29, 1.82) is 0 Å². The number of amides is 3. The summed E-state index contributed by atoms with van der Waals surface area (Å²) in [5, 5.41) is 13.1. The molecule has 0 radical (unpaired) electrons. The van der Waals surface area contributed by atoms with Crippen molar-refractivity contribution in [3.8, 4) is 5.69 Å². The van der Waals surface area contributed by atoms with E-state index in [0.29, 0.717) is 24.3 Å². The summed E-state index contributed by atoms with van der Waals surface area (Å²) in [6, 6.07) is 12.7. The predicted molar refractivity (Wildman–Crippen MR) is 118 cm³/mol. The maximum atomic E-state index is 13.1. The number of carbonyl (C=O) groups is 2. The van der Waals surface area contributed by atoms with Gasteiger partial charge in [0.25, 0.3) is 0 Å². The van der Waals surface area contributed by atoms with Crippen LogP contribution in [0.2, 0.25) is 0 Å². The van der Waals surface area contributed by atoms with Gasteiger partial charge in [-0.05, 0) is 67.3 Å². The molecule has 3 aromatic rings. The average molecular weight is 421 g/mol. The highest BCUT2D eigenvalue weighted by atomic mass is 19.1. The highest BCUT2D eigenvalue weighted by Gasteiger charge is 2.18. The number of fused-ring (bicyclic) bond motifs is 1. The number of nitrogens with one attached hydrogen (secondary N) is 3. The van der Waals surface area contributed by atoms with Crippen LogP contribution in [0.25, 0.3) is 5.69 Å². The molecule has 7 nitrogen and oxygen atoms in total. The van der Waals surface area contributed by atoms with Gasteiger partial charge in [0.05, 0.1) is 11.4 Å². The van der Waals surface area contributed by atoms with E-state index in [1.807, 2.05) is 24.3 Å². The molecule has 8 heteroatoms.